The molecule has 1 N–H and O–H groups in total. The highest BCUT2D eigenvalue weighted by molar-refractivity contribution is 6.03. The molecule has 6 heteroatoms. The van der Waals surface area contributed by atoms with Crippen LogP contribution >= 0.6 is 0 Å². The van der Waals surface area contributed by atoms with Crippen LogP contribution < -0.4 is 5.32 Å². The van der Waals surface area contributed by atoms with Crippen LogP contribution in [-0.4, -0.2) is 25.3 Å². The van der Waals surface area contributed by atoms with Crippen LogP contribution in [0.4, 0.5) is 5.69 Å². The molecule has 0 saturated carbocycles. The fourth-order valence-corrected chi connectivity index (χ4v) is 2.27. The van der Waals surface area contributed by atoms with Gasteiger partial charge in [-0.15, -0.1) is 0 Å². The standard InChI is InChI=1S/C16H11N5O/c22-15(14-10-21-7-3-6-17-16(21)20-14)19-12-8-11-4-1-2-5-13(11)18-9-12/h1-10H,(H,19,22). The van der Waals surface area contributed by atoms with E-state index in [1.54, 1.807) is 35.3 Å². The molecule has 0 saturated heterocycles. The predicted molar refractivity (Wildman–Crippen MR) is 82.7 cm³/mol. The van der Waals surface area contributed by atoms with Gasteiger partial charge in [-0.2, -0.15) is 0 Å². The number of para-hydroxylation sites is 1. The van der Waals surface area contributed by atoms with E-state index in [0.717, 1.165) is 10.9 Å². The SMILES string of the molecule is O=C(Nc1cnc2ccccc2c1)c1cn2cccnc2n1. The van der Waals surface area contributed by atoms with Crippen molar-refractivity contribution in [2.75, 3.05) is 5.32 Å². The zero-order chi connectivity index (χ0) is 14.9. The van der Waals surface area contributed by atoms with E-state index in [9.17, 15) is 4.79 Å². The third kappa shape index (κ3) is 2.16. The van der Waals surface area contributed by atoms with Gasteiger partial charge in [0.1, 0.15) is 5.69 Å². The number of aromatic nitrogens is 4. The third-order valence-electron chi connectivity index (χ3n) is 3.32. The molecule has 0 radical (unpaired) electrons. The first-order valence-corrected chi connectivity index (χ1v) is 6.75. The molecule has 106 valence electrons. The summed E-state index contributed by atoms with van der Waals surface area (Å²) in [6, 6.07) is 11.4. The van der Waals surface area contributed by atoms with Crippen molar-refractivity contribution in [3.05, 3.63) is 66.9 Å². The van der Waals surface area contributed by atoms with Gasteiger partial charge in [0, 0.05) is 24.0 Å². The molecule has 4 aromatic rings. The highest BCUT2D eigenvalue weighted by atomic mass is 16.1. The monoisotopic (exact) mass is 289 g/mol. The first-order chi connectivity index (χ1) is 10.8. The molecule has 0 atom stereocenters. The van der Waals surface area contributed by atoms with Gasteiger partial charge in [-0.3, -0.25) is 14.2 Å². The summed E-state index contributed by atoms with van der Waals surface area (Å²) in [7, 11) is 0. The summed E-state index contributed by atoms with van der Waals surface area (Å²) in [5, 5.41) is 3.78. The lowest BCUT2D eigenvalue weighted by Crippen LogP contribution is -2.12. The lowest BCUT2D eigenvalue weighted by Gasteiger charge is -2.04. The molecule has 0 spiro atoms. The van der Waals surface area contributed by atoms with Gasteiger partial charge in [0.25, 0.3) is 5.91 Å². The van der Waals surface area contributed by atoms with E-state index in [1.807, 2.05) is 30.3 Å². The van der Waals surface area contributed by atoms with E-state index in [1.165, 1.54) is 0 Å². The van der Waals surface area contributed by atoms with Crippen molar-refractivity contribution in [1.29, 1.82) is 0 Å². The molecule has 1 aromatic carbocycles. The van der Waals surface area contributed by atoms with Crippen molar-refractivity contribution in [1.82, 2.24) is 19.4 Å². The van der Waals surface area contributed by atoms with Gasteiger partial charge in [-0.25, -0.2) is 9.97 Å². The van der Waals surface area contributed by atoms with Gasteiger partial charge < -0.3 is 5.32 Å². The molecule has 0 aliphatic rings. The number of hydrogen-bond donors (Lipinski definition) is 1. The molecule has 3 aromatic heterocycles. The topological polar surface area (TPSA) is 72.2 Å². The molecule has 6 nitrogen and oxygen atoms in total. The Morgan fingerprint density at radius 3 is 2.95 bits per heavy atom. The second-order valence-corrected chi connectivity index (χ2v) is 4.82. The van der Waals surface area contributed by atoms with Gasteiger partial charge in [0.2, 0.25) is 5.78 Å². The van der Waals surface area contributed by atoms with Crippen LogP contribution in [0.5, 0.6) is 0 Å². The summed E-state index contributed by atoms with van der Waals surface area (Å²) in [6.45, 7) is 0. The number of fused-ring (bicyclic) bond motifs is 2. The van der Waals surface area contributed by atoms with Crippen molar-refractivity contribution in [3.8, 4) is 0 Å². The highest BCUT2D eigenvalue weighted by Crippen LogP contribution is 2.16. The average Bonchev–Trinajstić information content (AvgIpc) is 2.99. The van der Waals surface area contributed by atoms with Crippen molar-refractivity contribution < 1.29 is 4.79 Å². The number of carbonyl (C=O) groups is 1. The Morgan fingerprint density at radius 1 is 1.14 bits per heavy atom. The Morgan fingerprint density at radius 2 is 2.05 bits per heavy atom. The van der Waals surface area contributed by atoms with E-state index >= 15 is 0 Å². The first kappa shape index (κ1) is 12.5. The highest BCUT2D eigenvalue weighted by Gasteiger charge is 2.11. The molecule has 3 heterocycles. The van der Waals surface area contributed by atoms with Crippen molar-refractivity contribution in [2.24, 2.45) is 0 Å². The quantitative estimate of drug-likeness (QED) is 0.615. The minimum absolute atomic E-state index is 0.289. The largest absolute Gasteiger partial charge is 0.319 e. The van der Waals surface area contributed by atoms with Crippen LogP contribution in [0.25, 0.3) is 16.7 Å². The number of imidazole rings is 1. The molecular weight excluding hydrogens is 278 g/mol. The van der Waals surface area contributed by atoms with Crippen LogP contribution in [0.1, 0.15) is 10.5 Å². The maximum absolute atomic E-state index is 12.3. The summed E-state index contributed by atoms with van der Waals surface area (Å²) < 4.78 is 1.70. The van der Waals surface area contributed by atoms with Crippen LogP contribution in [0.3, 0.4) is 0 Å². The number of amides is 1. The molecule has 0 fully saturated rings. The summed E-state index contributed by atoms with van der Waals surface area (Å²) in [5.74, 6) is 0.201. The van der Waals surface area contributed by atoms with Gasteiger partial charge >= 0.3 is 0 Å². The molecular formula is C16H11N5O. The van der Waals surface area contributed by atoms with Gasteiger partial charge in [0.15, 0.2) is 0 Å². The van der Waals surface area contributed by atoms with Crippen LogP contribution in [0.2, 0.25) is 0 Å². The number of nitrogens with one attached hydrogen (secondary N) is 1. The van der Waals surface area contributed by atoms with Gasteiger partial charge in [-0.05, 0) is 18.2 Å². The minimum atomic E-state index is -0.289. The number of nitrogens with zero attached hydrogens (tertiary/aromatic N) is 4. The van der Waals surface area contributed by atoms with E-state index < -0.39 is 0 Å². The molecule has 0 unspecified atom stereocenters. The number of carbonyl (C=O) groups excluding carboxylic acids is 1. The Hall–Kier alpha value is -3.28. The third-order valence-corrected chi connectivity index (χ3v) is 3.32. The molecule has 1 amide bonds. The number of hydrogen-bond acceptors (Lipinski definition) is 4. The van der Waals surface area contributed by atoms with Crippen LogP contribution in [-0.2, 0) is 0 Å². The van der Waals surface area contributed by atoms with Crippen LogP contribution in [0.15, 0.2) is 61.2 Å². The zero-order valence-corrected chi connectivity index (χ0v) is 11.5. The molecule has 0 aliphatic carbocycles. The zero-order valence-electron chi connectivity index (χ0n) is 11.5. The van der Waals surface area contributed by atoms with Gasteiger partial charge in [0.05, 0.1) is 17.4 Å². The van der Waals surface area contributed by atoms with E-state index in [2.05, 4.69) is 20.3 Å². The lowest BCUT2D eigenvalue weighted by atomic mass is 10.2. The lowest BCUT2D eigenvalue weighted by molar-refractivity contribution is 0.102. The van der Waals surface area contributed by atoms with E-state index in [4.69, 9.17) is 0 Å². The molecule has 4 rings (SSSR count). The van der Waals surface area contributed by atoms with Gasteiger partial charge in [-0.1, -0.05) is 18.2 Å². The van der Waals surface area contributed by atoms with E-state index in [0.29, 0.717) is 17.2 Å². The Labute approximate surface area is 125 Å². The fourth-order valence-electron chi connectivity index (χ4n) is 2.27. The van der Waals surface area contributed by atoms with Crippen LogP contribution in [0, 0.1) is 0 Å². The minimum Gasteiger partial charge on any atom is -0.319 e. The Balaban J connectivity index is 1.64. The second-order valence-electron chi connectivity index (χ2n) is 4.82. The summed E-state index contributed by atoms with van der Waals surface area (Å²) in [5.41, 5.74) is 1.83. The Kier molecular flexibility index (Phi) is 2.79. The predicted octanol–water partition coefficient (Wildman–Crippen LogP) is 2.53. The summed E-state index contributed by atoms with van der Waals surface area (Å²) in [6.07, 6.45) is 6.71. The smallest absolute Gasteiger partial charge is 0.275 e. The summed E-state index contributed by atoms with van der Waals surface area (Å²) in [4.78, 5) is 24.9. The maximum Gasteiger partial charge on any atom is 0.275 e. The number of rotatable bonds is 2. The Bertz CT molecular complexity index is 959. The normalized spacial score (nSPS) is 10.9. The van der Waals surface area contributed by atoms with E-state index in [-0.39, 0.29) is 5.91 Å². The van der Waals surface area contributed by atoms with Crippen molar-refractivity contribution in [3.63, 3.8) is 0 Å². The number of benzene rings is 1. The van der Waals surface area contributed by atoms with Crippen molar-refractivity contribution in [2.45, 2.75) is 0 Å². The summed E-state index contributed by atoms with van der Waals surface area (Å²) >= 11 is 0. The number of anilines is 1. The molecule has 0 bridgehead atoms. The molecule has 22 heavy (non-hydrogen) atoms. The average molecular weight is 289 g/mol. The van der Waals surface area contributed by atoms with Crippen molar-refractivity contribution >= 4 is 28.3 Å². The second kappa shape index (κ2) is 4.92. The number of pyridine rings is 1. The fraction of sp³-hybridized carbons (Fsp3) is 0. The molecule has 0 aliphatic heterocycles. The first-order valence-electron chi connectivity index (χ1n) is 6.75. The maximum atomic E-state index is 12.3.